The smallest absolute Gasteiger partial charge is 0.404 e. The molecule has 19 heavy (non-hydrogen) atoms. The maximum Gasteiger partial charge on any atom is 0.404 e. The van der Waals surface area contributed by atoms with Gasteiger partial charge in [-0.2, -0.15) is 9.50 Å². The summed E-state index contributed by atoms with van der Waals surface area (Å²) < 4.78 is 1.68. The molecule has 0 saturated carbocycles. The Labute approximate surface area is 108 Å². The number of carbonyl (C=O) groups is 1. The molecule has 0 bridgehead atoms. The summed E-state index contributed by atoms with van der Waals surface area (Å²) in [5, 5.41) is 15.4. The molecule has 1 aliphatic rings. The number of carboxylic acid groups (broad SMARTS) is 1. The van der Waals surface area contributed by atoms with Gasteiger partial charge in [-0.3, -0.25) is 0 Å². The molecule has 100 valence electrons. The number of fused-ring (bicyclic) bond motifs is 1. The van der Waals surface area contributed by atoms with Crippen molar-refractivity contribution in [3.05, 3.63) is 18.2 Å². The highest BCUT2D eigenvalue weighted by atomic mass is 16.4. The summed E-state index contributed by atoms with van der Waals surface area (Å²) in [5.41, 5.74) is 6.28. The van der Waals surface area contributed by atoms with Crippen molar-refractivity contribution in [3.63, 3.8) is 0 Å². The van der Waals surface area contributed by atoms with E-state index < -0.39 is 6.09 Å². The number of anilines is 2. The fraction of sp³-hybridized carbons (Fsp3) is 0.364. The van der Waals surface area contributed by atoms with Gasteiger partial charge in [0.25, 0.3) is 0 Å². The standard InChI is InChI=1S/C11H14N6O2/c12-10-14-8-2-1-3-9(17(8)15-10)16-5-4-7(6-16)13-11(18)19/h1-3,7,13H,4-6H2,(H2,12,15)(H,18,19). The predicted molar refractivity (Wildman–Crippen MR) is 69.2 cm³/mol. The van der Waals surface area contributed by atoms with E-state index in [9.17, 15) is 4.79 Å². The minimum absolute atomic E-state index is 0.0615. The maximum atomic E-state index is 10.6. The zero-order chi connectivity index (χ0) is 13.4. The molecular formula is C11H14N6O2. The van der Waals surface area contributed by atoms with Crippen LogP contribution in [0.2, 0.25) is 0 Å². The first kappa shape index (κ1) is 11.6. The van der Waals surface area contributed by atoms with Crippen LogP contribution in [0.5, 0.6) is 0 Å². The Bertz CT molecular complexity index is 625. The van der Waals surface area contributed by atoms with Crippen LogP contribution in [0.25, 0.3) is 5.65 Å². The number of hydrogen-bond acceptors (Lipinski definition) is 5. The lowest BCUT2D eigenvalue weighted by Crippen LogP contribution is -2.36. The third kappa shape index (κ3) is 2.12. The van der Waals surface area contributed by atoms with E-state index in [0.29, 0.717) is 12.2 Å². The Morgan fingerprint density at radius 1 is 1.53 bits per heavy atom. The van der Waals surface area contributed by atoms with Crippen molar-refractivity contribution in [2.24, 2.45) is 0 Å². The molecule has 2 aromatic heterocycles. The maximum absolute atomic E-state index is 10.6. The first-order valence-electron chi connectivity index (χ1n) is 5.99. The molecule has 8 nitrogen and oxygen atoms in total. The van der Waals surface area contributed by atoms with E-state index in [1.54, 1.807) is 4.52 Å². The number of rotatable bonds is 2. The highest BCUT2D eigenvalue weighted by Gasteiger charge is 2.25. The summed E-state index contributed by atoms with van der Waals surface area (Å²) in [4.78, 5) is 16.8. The van der Waals surface area contributed by atoms with Crippen molar-refractivity contribution >= 4 is 23.5 Å². The third-order valence-electron chi connectivity index (χ3n) is 3.20. The van der Waals surface area contributed by atoms with Crippen molar-refractivity contribution < 1.29 is 9.90 Å². The van der Waals surface area contributed by atoms with Gasteiger partial charge in [0.15, 0.2) is 5.65 Å². The van der Waals surface area contributed by atoms with E-state index in [1.165, 1.54) is 0 Å². The van der Waals surface area contributed by atoms with Gasteiger partial charge in [-0.25, -0.2) is 4.79 Å². The average Bonchev–Trinajstić information content (AvgIpc) is 2.92. The Morgan fingerprint density at radius 3 is 3.16 bits per heavy atom. The molecule has 1 amide bonds. The van der Waals surface area contributed by atoms with Gasteiger partial charge in [-0.15, -0.1) is 5.10 Å². The number of nitrogen functional groups attached to an aromatic ring is 1. The number of hydrogen-bond donors (Lipinski definition) is 3. The molecule has 4 N–H and O–H groups in total. The van der Waals surface area contributed by atoms with Crippen LogP contribution in [0.1, 0.15) is 6.42 Å². The third-order valence-corrected chi connectivity index (χ3v) is 3.20. The molecule has 1 saturated heterocycles. The van der Waals surface area contributed by atoms with Crippen LogP contribution < -0.4 is 16.0 Å². The summed E-state index contributed by atoms with van der Waals surface area (Å²) in [6.45, 7) is 1.38. The van der Waals surface area contributed by atoms with E-state index in [4.69, 9.17) is 10.8 Å². The molecule has 1 unspecified atom stereocenters. The van der Waals surface area contributed by atoms with Crippen LogP contribution in [0, 0.1) is 0 Å². The van der Waals surface area contributed by atoms with Gasteiger partial charge in [0.2, 0.25) is 5.95 Å². The van der Waals surface area contributed by atoms with Crippen molar-refractivity contribution in [2.75, 3.05) is 23.7 Å². The Kier molecular flexibility index (Phi) is 2.62. The van der Waals surface area contributed by atoms with E-state index >= 15 is 0 Å². The van der Waals surface area contributed by atoms with Crippen molar-refractivity contribution in [1.82, 2.24) is 19.9 Å². The lowest BCUT2D eigenvalue weighted by atomic mass is 10.3. The minimum atomic E-state index is -0.991. The molecular weight excluding hydrogens is 248 g/mol. The van der Waals surface area contributed by atoms with Crippen LogP contribution in [0.15, 0.2) is 18.2 Å². The Balaban J connectivity index is 1.87. The number of nitrogens with zero attached hydrogens (tertiary/aromatic N) is 4. The number of nitrogens with two attached hydrogens (primary N) is 1. The van der Waals surface area contributed by atoms with Crippen LogP contribution in [-0.4, -0.2) is 44.9 Å². The largest absolute Gasteiger partial charge is 0.465 e. The number of nitrogens with one attached hydrogen (secondary N) is 1. The van der Waals surface area contributed by atoms with E-state index in [1.807, 2.05) is 18.2 Å². The predicted octanol–water partition coefficient (Wildman–Crippen LogP) is 0.158. The van der Waals surface area contributed by atoms with Crippen LogP contribution in [0.4, 0.5) is 16.6 Å². The monoisotopic (exact) mass is 262 g/mol. The first-order chi connectivity index (χ1) is 9.13. The zero-order valence-corrected chi connectivity index (χ0v) is 10.2. The normalized spacial score (nSPS) is 18.9. The summed E-state index contributed by atoms with van der Waals surface area (Å²) >= 11 is 0. The average molecular weight is 262 g/mol. The molecule has 3 heterocycles. The molecule has 3 rings (SSSR count). The van der Waals surface area contributed by atoms with Crippen molar-refractivity contribution in [1.29, 1.82) is 0 Å². The van der Waals surface area contributed by atoms with Gasteiger partial charge in [0.1, 0.15) is 5.82 Å². The number of aromatic nitrogens is 3. The van der Waals surface area contributed by atoms with Crippen LogP contribution in [-0.2, 0) is 0 Å². The quantitative estimate of drug-likeness (QED) is 0.711. The summed E-state index contributed by atoms with van der Waals surface area (Å²) in [7, 11) is 0. The van der Waals surface area contributed by atoms with E-state index in [2.05, 4.69) is 20.3 Å². The van der Waals surface area contributed by atoms with Crippen molar-refractivity contribution in [2.45, 2.75) is 12.5 Å². The number of amides is 1. The highest BCUT2D eigenvalue weighted by Crippen LogP contribution is 2.21. The summed E-state index contributed by atoms with van der Waals surface area (Å²) in [5.74, 6) is 1.10. The second-order valence-corrected chi connectivity index (χ2v) is 4.51. The number of pyridine rings is 1. The SMILES string of the molecule is Nc1nc2cccc(N3CCC(NC(=O)O)C3)n2n1. The van der Waals surface area contributed by atoms with Crippen LogP contribution in [0.3, 0.4) is 0 Å². The lowest BCUT2D eigenvalue weighted by Gasteiger charge is -2.18. The molecule has 1 atom stereocenters. The van der Waals surface area contributed by atoms with Gasteiger partial charge in [0, 0.05) is 13.1 Å². The first-order valence-corrected chi connectivity index (χ1v) is 5.99. The zero-order valence-electron chi connectivity index (χ0n) is 10.2. The fourth-order valence-corrected chi connectivity index (χ4v) is 2.41. The molecule has 8 heteroatoms. The molecule has 1 fully saturated rings. The molecule has 2 aromatic rings. The minimum Gasteiger partial charge on any atom is -0.465 e. The second kappa shape index (κ2) is 4.30. The van der Waals surface area contributed by atoms with E-state index in [0.717, 1.165) is 18.8 Å². The molecule has 0 radical (unpaired) electrons. The van der Waals surface area contributed by atoms with Gasteiger partial charge < -0.3 is 21.1 Å². The summed E-state index contributed by atoms with van der Waals surface area (Å²) in [6, 6.07) is 5.57. The molecule has 0 aliphatic carbocycles. The topological polar surface area (TPSA) is 109 Å². The second-order valence-electron chi connectivity index (χ2n) is 4.51. The van der Waals surface area contributed by atoms with Crippen molar-refractivity contribution in [3.8, 4) is 0 Å². The fourth-order valence-electron chi connectivity index (χ4n) is 2.41. The van der Waals surface area contributed by atoms with Gasteiger partial charge in [-0.05, 0) is 18.6 Å². The Hall–Kier alpha value is -2.51. The van der Waals surface area contributed by atoms with Crippen LogP contribution >= 0.6 is 0 Å². The molecule has 1 aliphatic heterocycles. The summed E-state index contributed by atoms with van der Waals surface area (Å²) in [6.07, 6.45) is -0.220. The van der Waals surface area contributed by atoms with E-state index in [-0.39, 0.29) is 12.0 Å². The molecule has 0 spiro atoms. The lowest BCUT2D eigenvalue weighted by molar-refractivity contribution is 0.191. The highest BCUT2D eigenvalue weighted by molar-refractivity contribution is 5.65. The molecule has 0 aromatic carbocycles. The van der Waals surface area contributed by atoms with Gasteiger partial charge in [-0.1, -0.05) is 6.07 Å². The Morgan fingerprint density at radius 2 is 2.37 bits per heavy atom. The van der Waals surface area contributed by atoms with Gasteiger partial charge in [0.05, 0.1) is 6.04 Å². The van der Waals surface area contributed by atoms with Gasteiger partial charge >= 0.3 is 6.09 Å².